The summed E-state index contributed by atoms with van der Waals surface area (Å²) in [6.07, 6.45) is 10.9. The molecule has 2 rings (SSSR count). The molecule has 0 bridgehead atoms. The highest BCUT2D eigenvalue weighted by Crippen LogP contribution is 2.36. The van der Waals surface area contributed by atoms with Crippen molar-refractivity contribution in [1.82, 2.24) is 5.32 Å². The lowest BCUT2D eigenvalue weighted by atomic mass is 9.74. The van der Waals surface area contributed by atoms with Crippen molar-refractivity contribution in [1.29, 1.82) is 0 Å². The molecular weight excluding hydrogens is 186 g/mol. The van der Waals surface area contributed by atoms with Crippen molar-refractivity contribution in [2.45, 2.75) is 75.9 Å². The summed E-state index contributed by atoms with van der Waals surface area (Å²) in [5.41, 5.74) is -0.0107. The molecule has 0 aromatic carbocycles. The number of aliphatic hydroxyl groups is 1. The van der Waals surface area contributed by atoms with Gasteiger partial charge in [0.1, 0.15) is 0 Å². The van der Waals surface area contributed by atoms with Gasteiger partial charge in [0.05, 0.1) is 5.60 Å². The average Bonchev–Trinajstić information content (AvgIpc) is 2.18. The monoisotopic (exact) mass is 211 g/mol. The maximum atomic E-state index is 10.4. The Bertz CT molecular complexity index is 199. The van der Waals surface area contributed by atoms with E-state index in [2.05, 4.69) is 12.2 Å². The number of rotatable bonds is 4. The van der Waals surface area contributed by atoms with Gasteiger partial charge in [0.25, 0.3) is 0 Å². The number of β-amino-alcohol motifs (C(OH)–C–C–N with tert-alkyl or cyclic N) is 1. The fourth-order valence-corrected chi connectivity index (χ4v) is 3.00. The van der Waals surface area contributed by atoms with E-state index in [1.54, 1.807) is 0 Å². The molecule has 2 saturated carbocycles. The van der Waals surface area contributed by atoms with Crippen molar-refractivity contribution in [2.24, 2.45) is 0 Å². The fourth-order valence-electron chi connectivity index (χ4n) is 3.00. The van der Waals surface area contributed by atoms with Gasteiger partial charge in [-0.2, -0.15) is 0 Å². The maximum Gasteiger partial charge on any atom is 0.0771 e. The molecule has 0 aromatic rings. The van der Waals surface area contributed by atoms with Crippen molar-refractivity contribution in [2.75, 3.05) is 6.54 Å². The molecule has 2 aliphatic rings. The Labute approximate surface area is 93.5 Å². The molecule has 2 aliphatic carbocycles. The minimum atomic E-state index is -0.393. The Morgan fingerprint density at radius 2 is 1.67 bits per heavy atom. The first-order valence-corrected chi connectivity index (χ1v) is 6.66. The summed E-state index contributed by atoms with van der Waals surface area (Å²) in [6, 6.07) is 0. The number of hydrogen-bond donors (Lipinski definition) is 2. The molecule has 0 aliphatic heterocycles. The van der Waals surface area contributed by atoms with Crippen LogP contribution in [0.3, 0.4) is 0 Å². The largest absolute Gasteiger partial charge is 0.389 e. The van der Waals surface area contributed by atoms with E-state index < -0.39 is 5.60 Å². The molecule has 0 saturated heterocycles. The molecule has 0 amide bonds. The molecule has 2 heteroatoms. The molecule has 2 N–H and O–H groups in total. The van der Waals surface area contributed by atoms with Crippen LogP contribution in [0.1, 0.15) is 64.7 Å². The van der Waals surface area contributed by atoms with Crippen LogP contribution in [0.4, 0.5) is 0 Å². The van der Waals surface area contributed by atoms with Gasteiger partial charge in [0.2, 0.25) is 0 Å². The molecule has 0 radical (unpaired) electrons. The van der Waals surface area contributed by atoms with Crippen molar-refractivity contribution in [3.8, 4) is 0 Å². The molecule has 2 nitrogen and oxygen atoms in total. The van der Waals surface area contributed by atoms with E-state index in [1.807, 2.05) is 0 Å². The third kappa shape index (κ3) is 2.54. The molecule has 0 aromatic heterocycles. The van der Waals surface area contributed by atoms with Crippen molar-refractivity contribution >= 4 is 0 Å². The smallest absolute Gasteiger partial charge is 0.0771 e. The van der Waals surface area contributed by atoms with E-state index in [1.165, 1.54) is 44.9 Å². The van der Waals surface area contributed by atoms with Crippen LogP contribution in [-0.4, -0.2) is 22.8 Å². The van der Waals surface area contributed by atoms with Crippen molar-refractivity contribution in [3.05, 3.63) is 0 Å². The van der Waals surface area contributed by atoms with E-state index in [-0.39, 0.29) is 0 Å². The number of nitrogens with one attached hydrogen (secondary N) is 1. The summed E-state index contributed by atoms with van der Waals surface area (Å²) >= 11 is 0. The zero-order valence-corrected chi connectivity index (χ0v) is 10.0. The fraction of sp³-hybridized carbons (Fsp3) is 1.00. The number of hydrogen-bond acceptors (Lipinski definition) is 2. The second-order valence-corrected chi connectivity index (χ2v) is 5.63. The summed E-state index contributed by atoms with van der Waals surface area (Å²) < 4.78 is 0. The third-order valence-electron chi connectivity index (χ3n) is 4.56. The molecule has 0 spiro atoms. The van der Waals surface area contributed by atoms with Gasteiger partial charge >= 0.3 is 0 Å². The highest BCUT2D eigenvalue weighted by molar-refractivity contribution is 4.97. The van der Waals surface area contributed by atoms with E-state index in [0.29, 0.717) is 5.54 Å². The van der Waals surface area contributed by atoms with Crippen LogP contribution in [0.5, 0.6) is 0 Å². The van der Waals surface area contributed by atoms with E-state index in [4.69, 9.17) is 0 Å². The zero-order chi connectivity index (χ0) is 10.8. The normalized spacial score (nSPS) is 28.4. The summed E-state index contributed by atoms with van der Waals surface area (Å²) in [7, 11) is 0. The van der Waals surface area contributed by atoms with Crippen LogP contribution in [0.25, 0.3) is 0 Å². The first-order chi connectivity index (χ1) is 7.18. The third-order valence-corrected chi connectivity index (χ3v) is 4.56. The van der Waals surface area contributed by atoms with Gasteiger partial charge in [-0.05, 0) is 38.5 Å². The standard InChI is InChI=1S/C13H25NO/c1-2-12(7-6-8-12)14-11-13(15)9-4-3-5-10-13/h14-15H,2-11H2,1H3. The van der Waals surface area contributed by atoms with Crippen LogP contribution in [0, 0.1) is 0 Å². The van der Waals surface area contributed by atoms with E-state index in [0.717, 1.165) is 19.4 Å². The van der Waals surface area contributed by atoms with Gasteiger partial charge in [0.15, 0.2) is 0 Å². The highest BCUT2D eigenvalue weighted by atomic mass is 16.3. The average molecular weight is 211 g/mol. The van der Waals surface area contributed by atoms with Crippen molar-refractivity contribution < 1.29 is 5.11 Å². The van der Waals surface area contributed by atoms with Gasteiger partial charge < -0.3 is 10.4 Å². The Morgan fingerprint density at radius 1 is 1.00 bits per heavy atom. The quantitative estimate of drug-likeness (QED) is 0.749. The maximum absolute atomic E-state index is 10.4. The van der Waals surface area contributed by atoms with Gasteiger partial charge in [-0.1, -0.05) is 26.2 Å². The van der Waals surface area contributed by atoms with Gasteiger partial charge in [-0.3, -0.25) is 0 Å². The lowest BCUT2D eigenvalue weighted by Crippen LogP contribution is -2.56. The first-order valence-electron chi connectivity index (χ1n) is 6.66. The molecule has 88 valence electrons. The molecule has 2 fully saturated rings. The molecule has 0 atom stereocenters. The van der Waals surface area contributed by atoms with E-state index >= 15 is 0 Å². The SMILES string of the molecule is CCC1(NCC2(O)CCCCC2)CCC1. The molecular formula is C13H25NO. The highest BCUT2D eigenvalue weighted by Gasteiger charge is 2.37. The minimum absolute atomic E-state index is 0.382. The van der Waals surface area contributed by atoms with Crippen LogP contribution < -0.4 is 5.32 Å². The predicted molar refractivity (Wildman–Crippen MR) is 62.9 cm³/mol. The lowest BCUT2D eigenvalue weighted by Gasteiger charge is -2.45. The van der Waals surface area contributed by atoms with Crippen molar-refractivity contribution in [3.63, 3.8) is 0 Å². The first kappa shape index (κ1) is 11.4. The molecule has 0 unspecified atom stereocenters. The van der Waals surface area contributed by atoms with E-state index in [9.17, 15) is 5.11 Å². The Kier molecular flexibility index (Phi) is 3.36. The van der Waals surface area contributed by atoms with Crippen LogP contribution in [0.15, 0.2) is 0 Å². The Hall–Kier alpha value is -0.0800. The van der Waals surface area contributed by atoms with Gasteiger partial charge in [-0.15, -0.1) is 0 Å². The van der Waals surface area contributed by atoms with Crippen LogP contribution in [-0.2, 0) is 0 Å². The predicted octanol–water partition coefficient (Wildman–Crippen LogP) is 2.60. The van der Waals surface area contributed by atoms with Gasteiger partial charge in [-0.25, -0.2) is 0 Å². The second kappa shape index (κ2) is 4.42. The van der Waals surface area contributed by atoms with Gasteiger partial charge in [0, 0.05) is 12.1 Å². The summed E-state index contributed by atoms with van der Waals surface area (Å²) in [5.74, 6) is 0. The Morgan fingerprint density at radius 3 is 2.13 bits per heavy atom. The Balaban J connectivity index is 1.80. The van der Waals surface area contributed by atoms with Crippen LogP contribution >= 0.6 is 0 Å². The molecule has 0 heterocycles. The van der Waals surface area contributed by atoms with Crippen LogP contribution in [0.2, 0.25) is 0 Å². The minimum Gasteiger partial charge on any atom is -0.389 e. The summed E-state index contributed by atoms with van der Waals surface area (Å²) in [5, 5.41) is 14.0. The molecule has 15 heavy (non-hydrogen) atoms. The topological polar surface area (TPSA) is 32.3 Å². The summed E-state index contributed by atoms with van der Waals surface area (Å²) in [4.78, 5) is 0. The lowest BCUT2D eigenvalue weighted by molar-refractivity contribution is -0.00863. The summed E-state index contributed by atoms with van der Waals surface area (Å²) in [6.45, 7) is 3.08. The zero-order valence-electron chi connectivity index (χ0n) is 10.0. The second-order valence-electron chi connectivity index (χ2n) is 5.63.